The molecule has 7 nitrogen and oxygen atoms in total. The molecule has 4 rings (SSSR count). The maximum atomic E-state index is 12.0. The maximum absolute atomic E-state index is 12.0. The molecule has 1 aromatic carbocycles. The van der Waals surface area contributed by atoms with Crippen molar-refractivity contribution in [2.45, 2.75) is 26.7 Å². The number of aryl methyl sites for hydroxylation is 1. The molecular formula is C26H29N5O2. The molecule has 7 heteroatoms. The van der Waals surface area contributed by atoms with E-state index in [1.165, 1.54) is 0 Å². The number of nitrogens with zero attached hydrogens (tertiary/aromatic N) is 4. The highest BCUT2D eigenvalue weighted by Crippen LogP contribution is 2.29. The van der Waals surface area contributed by atoms with Gasteiger partial charge in [-0.2, -0.15) is 0 Å². The Morgan fingerprint density at radius 2 is 1.73 bits per heavy atom. The van der Waals surface area contributed by atoms with Gasteiger partial charge in [0.05, 0.1) is 18.9 Å². The molecule has 0 saturated carbocycles. The summed E-state index contributed by atoms with van der Waals surface area (Å²) in [5, 5.41) is 0. The number of aromatic nitrogens is 3. The minimum absolute atomic E-state index is 0.165. The summed E-state index contributed by atoms with van der Waals surface area (Å²) in [7, 11) is 0. The van der Waals surface area contributed by atoms with E-state index in [0.29, 0.717) is 19.6 Å². The summed E-state index contributed by atoms with van der Waals surface area (Å²) in [6, 6.07) is 12.5. The molecule has 33 heavy (non-hydrogen) atoms. The summed E-state index contributed by atoms with van der Waals surface area (Å²) in [6.45, 7) is 6.85. The number of allylic oxidation sites excluding steroid dienone is 2. The van der Waals surface area contributed by atoms with E-state index in [9.17, 15) is 4.79 Å². The van der Waals surface area contributed by atoms with Gasteiger partial charge in [0.25, 0.3) is 0 Å². The molecule has 0 unspecified atom stereocenters. The Labute approximate surface area is 194 Å². The van der Waals surface area contributed by atoms with E-state index < -0.39 is 0 Å². The van der Waals surface area contributed by atoms with Crippen LogP contribution in [0.25, 0.3) is 22.4 Å². The Morgan fingerprint density at radius 3 is 2.39 bits per heavy atom. The van der Waals surface area contributed by atoms with Crippen LogP contribution in [0.3, 0.4) is 0 Å². The van der Waals surface area contributed by atoms with Crippen LogP contribution in [-0.4, -0.2) is 47.0 Å². The molecule has 0 radical (unpaired) electrons. The van der Waals surface area contributed by atoms with Gasteiger partial charge < -0.3 is 15.4 Å². The number of benzene rings is 1. The van der Waals surface area contributed by atoms with Crippen LogP contribution in [0.2, 0.25) is 0 Å². The molecule has 0 atom stereocenters. The quantitative estimate of drug-likeness (QED) is 0.550. The number of morpholine rings is 1. The van der Waals surface area contributed by atoms with Crippen LogP contribution in [0, 0.1) is 0 Å². The van der Waals surface area contributed by atoms with E-state index >= 15 is 0 Å². The van der Waals surface area contributed by atoms with Crippen LogP contribution in [0.5, 0.6) is 0 Å². The molecule has 3 aromatic rings. The monoisotopic (exact) mass is 443 g/mol. The maximum Gasteiger partial charge on any atom is 0.219 e. The normalized spacial score (nSPS) is 13.6. The number of carbonyl (C=O) groups excluding carboxylic acids is 1. The summed E-state index contributed by atoms with van der Waals surface area (Å²) >= 11 is 0. The molecule has 1 aliphatic heterocycles. The van der Waals surface area contributed by atoms with E-state index in [1.54, 1.807) is 18.5 Å². The number of nitrogens with two attached hydrogens (primary N) is 1. The number of ether oxygens (including phenoxy) is 1. The number of rotatable bonds is 7. The first-order chi connectivity index (χ1) is 16.0. The highest BCUT2D eigenvalue weighted by molar-refractivity contribution is 5.90. The van der Waals surface area contributed by atoms with Crippen molar-refractivity contribution in [2.24, 2.45) is 0 Å². The summed E-state index contributed by atoms with van der Waals surface area (Å²) in [4.78, 5) is 27.3. The van der Waals surface area contributed by atoms with Crippen molar-refractivity contribution in [3.8, 4) is 22.4 Å². The first-order valence-corrected chi connectivity index (χ1v) is 11.2. The van der Waals surface area contributed by atoms with Gasteiger partial charge in [0.15, 0.2) is 5.78 Å². The van der Waals surface area contributed by atoms with Crippen molar-refractivity contribution in [3.63, 3.8) is 0 Å². The summed E-state index contributed by atoms with van der Waals surface area (Å²) in [5.41, 5.74) is 11.6. The summed E-state index contributed by atoms with van der Waals surface area (Å²) in [6.07, 6.45) is 6.35. The topological polar surface area (TPSA) is 94.2 Å². The van der Waals surface area contributed by atoms with Gasteiger partial charge in [-0.15, -0.1) is 0 Å². The largest absolute Gasteiger partial charge is 0.378 e. The predicted octanol–water partition coefficient (Wildman–Crippen LogP) is 4.09. The van der Waals surface area contributed by atoms with Crippen LogP contribution >= 0.6 is 0 Å². The molecule has 0 amide bonds. The Morgan fingerprint density at radius 1 is 1.03 bits per heavy atom. The van der Waals surface area contributed by atoms with Crippen molar-refractivity contribution in [3.05, 3.63) is 66.0 Å². The lowest BCUT2D eigenvalue weighted by Crippen LogP contribution is -2.36. The van der Waals surface area contributed by atoms with Gasteiger partial charge in [-0.1, -0.05) is 29.8 Å². The molecule has 1 aliphatic rings. The molecule has 1 saturated heterocycles. The smallest absolute Gasteiger partial charge is 0.219 e. The third-order valence-electron chi connectivity index (χ3n) is 5.51. The van der Waals surface area contributed by atoms with Crippen LogP contribution in [0.15, 0.2) is 60.4 Å². The van der Waals surface area contributed by atoms with Gasteiger partial charge in [0.1, 0.15) is 5.82 Å². The fourth-order valence-electron chi connectivity index (χ4n) is 3.78. The standard InChI is InChI=1S/C26H29N5O2/c1-18(2)13-23(32)8-5-19-3-6-20(7-4-19)21-14-24(22-16-28-26(27)29-17-22)30-25(15-21)31-9-11-33-12-10-31/h3-4,6-7,13-17H,5,8-12H2,1-2H3,(H2,27,28,29). The van der Waals surface area contributed by atoms with Gasteiger partial charge in [0, 0.05) is 37.5 Å². The molecule has 0 spiro atoms. The van der Waals surface area contributed by atoms with Gasteiger partial charge in [0.2, 0.25) is 5.95 Å². The molecule has 2 N–H and O–H groups in total. The zero-order valence-corrected chi connectivity index (χ0v) is 19.1. The second-order valence-corrected chi connectivity index (χ2v) is 8.41. The van der Waals surface area contributed by atoms with Crippen molar-refractivity contribution in [2.75, 3.05) is 36.9 Å². The van der Waals surface area contributed by atoms with E-state index in [4.69, 9.17) is 15.5 Å². The number of carbonyl (C=O) groups is 1. The number of hydrogen-bond donors (Lipinski definition) is 1. The van der Waals surface area contributed by atoms with E-state index in [0.717, 1.165) is 58.8 Å². The number of pyridine rings is 1. The van der Waals surface area contributed by atoms with Gasteiger partial charge in [-0.05, 0) is 55.2 Å². The van der Waals surface area contributed by atoms with Gasteiger partial charge in [-0.3, -0.25) is 4.79 Å². The highest BCUT2D eigenvalue weighted by Gasteiger charge is 2.16. The fraction of sp³-hybridized carbons (Fsp3) is 0.308. The average molecular weight is 444 g/mol. The molecule has 170 valence electrons. The molecule has 0 aliphatic carbocycles. The first kappa shape index (κ1) is 22.6. The molecular weight excluding hydrogens is 414 g/mol. The van der Waals surface area contributed by atoms with Crippen molar-refractivity contribution in [1.29, 1.82) is 0 Å². The van der Waals surface area contributed by atoms with Gasteiger partial charge >= 0.3 is 0 Å². The van der Waals surface area contributed by atoms with E-state index in [1.807, 2.05) is 19.9 Å². The van der Waals surface area contributed by atoms with Crippen LogP contribution < -0.4 is 10.6 Å². The lowest BCUT2D eigenvalue weighted by atomic mass is 10.00. The Bertz CT molecular complexity index is 1130. The number of ketones is 1. The third kappa shape index (κ3) is 6.02. The molecule has 0 bridgehead atoms. The van der Waals surface area contributed by atoms with Gasteiger partial charge in [-0.25, -0.2) is 15.0 Å². The van der Waals surface area contributed by atoms with Crippen LogP contribution in [0.4, 0.5) is 11.8 Å². The second kappa shape index (κ2) is 10.4. The number of anilines is 2. The van der Waals surface area contributed by atoms with Crippen molar-refractivity contribution in [1.82, 2.24) is 15.0 Å². The summed E-state index contributed by atoms with van der Waals surface area (Å²) < 4.78 is 5.51. The van der Waals surface area contributed by atoms with Crippen molar-refractivity contribution < 1.29 is 9.53 Å². The first-order valence-electron chi connectivity index (χ1n) is 11.2. The Hall–Kier alpha value is -3.58. The van der Waals surface area contributed by atoms with Crippen LogP contribution in [-0.2, 0) is 16.0 Å². The van der Waals surface area contributed by atoms with E-state index in [-0.39, 0.29) is 11.7 Å². The minimum Gasteiger partial charge on any atom is -0.378 e. The Balaban J connectivity index is 1.61. The fourth-order valence-corrected chi connectivity index (χ4v) is 3.78. The number of hydrogen-bond acceptors (Lipinski definition) is 7. The van der Waals surface area contributed by atoms with E-state index in [2.05, 4.69) is 45.2 Å². The third-order valence-corrected chi connectivity index (χ3v) is 5.51. The molecule has 1 fully saturated rings. The summed E-state index contributed by atoms with van der Waals surface area (Å²) in [5.74, 6) is 1.31. The lowest BCUT2D eigenvalue weighted by Gasteiger charge is -2.28. The lowest BCUT2D eigenvalue weighted by molar-refractivity contribution is -0.114. The average Bonchev–Trinajstić information content (AvgIpc) is 2.83. The predicted molar refractivity (Wildman–Crippen MR) is 131 cm³/mol. The highest BCUT2D eigenvalue weighted by atomic mass is 16.5. The molecule has 3 heterocycles. The molecule has 2 aromatic heterocycles. The minimum atomic E-state index is 0.165. The SMILES string of the molecule is CC(C)=CC(=O)CCc1ccc(-c2cc(-c3cnc(N)nc3)nc(N3CCOCC3)c2)cc1. The second-order valence-electron chi connectivity index (χ2n) is 8.41. The zero-order valence-electron chi connectivity index (χ0n) is 19.1. The Kier molecular flexibility index (Phi) is 7.10. The number of nitrogen functional groups attached to an aromatic ring is 1. The van der Waals surface area contributed by atoms with Crippen LogP contribution in [0.1, 0.15) is 25.8 Å². The zero-order chi connectivity index (χ0) is 23.2. The van der Waals surface area contributed by atoms with Crippen molar-refractivity contribution >= 4 is 17.5 Å².